The van der Waals surface area contributed by atoms with E-state index < -0.39 is 3.93 Å². The number of nitrogens with one attached hydrogen (secondary N) is 3. The van der Waals surface area contributed by atoms with Gasteiger partial charge in [-0.25, -0.2) is 0 Å². The van der Waals surface area contributed by atoms with Crippen molar-refractivity contribution in [3.8, 4) is 0 Å². The molecule has 24 heavy (non-hydrogen) atoms. The highest BCUT2D eigenvalue weighted by atomic mass is 127. The normalized spacial score (nSPS) is 14.2. The van der Waals surface area contributed by atoms with Gasteiger partial charge in [0.2, 0.25) is 5.91 Å². The van der Waals surface area contributed by atoms with Crippen LogP contribution in [0.25, 0.3) is 0 Å². The molecule has 0 aromatic heterocycles. The van der Waals surface area contributed by atoms with E-state index in [9.17, 15) is 18.4 Å². The van der Waals surface area contributed by atoms with Crippen molar-refractivity contribution in [3.05, 3.63) is 58.9 Å². The van der Waals surface area contributed by atoms with Crippen molar-refractivity contribution >= 4 is 34.4 Å². The fraction of sp³-hybridized carbons (Fsp3) is 0.250. The van der Waals surface area contributed by atoms with Crippen molar-refractivity contribution in [2.45, 2.75) is 17.4 Å². The fourth-order valence-electron chi connectivity index (χ4n) is 2.11. The SMILES string of the molecule is CC(=O)NC1=CC(C(=O)NCc2cccc(C(F)(F)I)c2)=CCN1. The molecule has 0 saturated heterocycles. The Bertz CT molecular complexity index is 712. The molecule has 1 aromatic carbocycles. The molecule has 0 bridgehead atoms. The third kappa shape index (κ3) is 5.29. The topological polar surface area (TPSA) is 70.2 Å². The number of hydrogen-bond acceptors (Lipinski definition) is 3. The third-order valence-corrected chi connectivity index (χ3v) is 3.82. The van der Waals surface area contributed by atoms with E-state index in [1.165, 1.54) is 31.2 Å². The van der Waals surface area contributed by atoms with Gasteiger partial charge in [-0.15, -0.1) is 0 Å². The summed E-state index contributed by atoms with van der Waals surface area (Å²) in [6.07, 6.45) is 3.20. The molecule has 5 nitrogen and oxygen atoms in total. The summed E-state index contributed by atoms with van der Waals surface area (Å²) in [5.41, 5.74) is 0.870. The van der Waals surface area contributed by atoms with Gasteiger partial charge in [0.15, 0.2) is 0 Å². The summed E-state index contributed by atoms with van der Waals surface area (Å²) in [4.78, 5) is 23.2. The molecule has 0 spiro atoms. The van der Waals surface area contributed by atoms with Crippen LogP contribution in [0.2, 0.25) is 0 Å². The average molecular weight is 447 g/mol. The van der Waals surface area contributed by atoms with E-state index in [4.69, 9.17) is 0 Å². The van der Waals surface area contributed by atoms with Crippen molar-refractivity contribution in [3.63, 3.8) is 0 Å². The zero-order valence-electron chi connectivity index (χ0n) is 12.8. The number of amides is 2. The number of rotatable bonds is 5. The lowest BCUT2D eigenvalue weighted by Crippen LogP contribution is -2.34. The van der Waals surface area contributed by atoms with Gasteiger partial charge in [-0.05, 0) is 17.7 Å². The Hall–Kier alpha value is -1.97. The van der Waals surface area contributed by atoms with Gasteiger partial charge < -0.3 is 16.0 Å². The van der Waals surface area contributed by atoms with Crippen molar-refractivity contribution < 1.29 is 18.4 Å². The van der Waals surface area contributed by atoms with Crippen molar-refractivity contribution in [2.75, 3.05) is 6.54 Å². The van der Waals surface area contributed by atoms with Crippen molar-refractivity contribution in [1.82, 2.24) is 16.0 Å². The van der Waals surface area contributed by atoms with E-state index in [1.54, 1.807) is 12.1 Å². The molecule has 0 saturated carbocycles. The molecule has 0 fully saturated rings. The fourth-order valence-corrected chi connectivity index (χ4v) is 2.44. The molecule has 1 aliphatic heterocycles. The molecule has 0 aliphatic carbocycles. The Morgan fingerprint density at radius 2 is 2.12 bits per heavy atom. The summed E-state index contributed by atoms with van der Waals surface area (Å²) in [5, 5.41) is 8.17. The summed E-state index contributed by atoms with van der Waals surface area (Å²) in [6.45, 7) is 1.91. The lowest BCUT2D eigenvalue weighted by atomic mass is 10.1. The largest absolute Gasteiger partial charge is 0.368 e. The van der Waals surface area contributed by atoms with Gasteiger partial charge in [0.25, 0.3) is 5.91 Å². The lowest BCUT2D eigenvalue weighted by Gasteiger charge is -2.16. The highest BCUT2D eigenvalue weighted by Gasteiger charge is 2.26. The number of carbonyl (C=O) groups is 2. The van der Waals surface area contributed by atoms with Gasteiger partial charge in [0.1, 0.15) is 5.82 Å². The van der Waals surface area contributed by atoms with Gasteiger partial charge in [-0.3, -0.25) is 9.59 Å². The second kappa shape index (κ2) is 7.73. The van der Waals surface area contributed by atoms with Crippen LogP contribution >= 0.6 is 22.6 Å². The van der Waals surface area contributed by atoms with E-state index in [0.717, 1.165) is 22.6 Å². The van der Waals surface area contributed by atoms with E-state index in [1.807, 2.05) is 0 Å². The minimum absolute atomic E-state index is 0.108. The van der Waals surface area contributed by atoms with Gasteiger partial charge in [0.05, 0.1) is 0 Å². The predicted molar refractivity (Wildman–Crippen MR) is 94.2 cm³/mol. The Morgan fingerprint density at radius 3 is 2.79 bits per heavy atom. The average Bonchev–Trinajstić information content (AvgIpc) is 2.51. The van der Waals surface area contributed by atoms with Crippen molar-refractivity contribution in [2.24, 2.45) is 0 Å². The van der Waals surface area contributed by atoms with Crippen LogP contribution in [-0.2, 0) is 20.1 Å². The number of dihydropyridines is 1. The van der Waals surface area contributed by atoms with Crippen LogP contribution < -0.4 is 16.0 Å². The molecule has 1 heterocycles. The molecule has 1 aromatic rings. The molecular formula is C16H16F2IN3O2. The molecule has 128 valence electrons. The third-order valence-electron chi connectivity index (χ3n) is 3.19. The molecule has 1 aliphatic rings. The molecule has 0 radical (unpaired) electrons. The molecule has 2 rings (SSSR count). The maximum absolute atomic E-state index is 13.3. The summed E-state index contributed by atoms with van der Waals surface area (Å²) >= 11 is 1.07. The van der Waals surface area contributed by atoms with Crippen LogP contribution in [0, 0.1) is 0 Å². The smallest absolute Gasteiger partial charge is 0.321 e. The molecule has 0 atom stereocenters. The van der Waals surface area contributed by atoms with Crippen LogP contribution in [0.3, 0.4) is 0 Å². The Kier molecular flexibility index (Phi) is 5.92. The van der Waals surface area contributed by atoms with Crippen LogP contribution in [0.15, 0.2) is 47.8 Å². The predicted octanol–water partition coefficient (Wildman–Crippen LogP) is 2.29. The number of benzene rings is 1. The van der Waals surface area contributed by atoms with Gasteiger partial charge in [-0.1, -0.05) is 24.3 Å². The first-order valence-corrected chi connectivity index (χ1v) is 8.21. The Labute approximate surface area is 151 Å². The minimum Gasteiger partial charge on any atom is -0.368 e. The first-order valence-electron chi connectivity index (χ1n) is 7.13. The second-order valence-corrected chi connectivity index (χ2v) is 6.52. The van der Waals surface area contributed by atoms with Crippen molar-refractivity contribution in [1.29, 1.82) is 0 Å². The van der Waals surface area contributed by atoms with Crippen LogP contribution in [-0.4, -0.2) is 18.4 Å². The van der Waals surface area contributed by atoms with E-state index >= 15 is 0 Å². The monoisotopic (exact) mass is 447 g/mol. The Balaban J connectivity index is 2.00. The number of alkyl halides is 3. The van der Waals surface area contributed by atoms with E-state index in [0.29, 0.717) is 23.5 Å². The van der Waals surface area contributed by atoms with Crippen LogP contribution in [0.1, 0.15) is 18.1 Å². The highest BCUT2D eigenvalue weighted by Crippen LogP contribution is 2.35. The zero-order chi connectivity index (χ0) is 17.7. The van der Waals surface area contributed by atoms with E-state index in [2.05, 4.69) is 16.0 Å². The zero-order valence-corrected chi connectivity index (χ0v) is 15.0. The van der Waals surface area contributed by atoms with E-state index in [-0.39, 0.29) is 23.9 Å². The summed E-state index contributed by atoms with van der Waals surface area (Å²) in [5.74, 6) is -0.139. The second-order valence-electron chi connectivity index (χ2n) is 5.16. The molecule has 2 amide bonds. The van der Waals surface area contributed by atoms with Gasteiger partial charge in [-0.2, -0.15) is 8.78 Å². The number of halogens is 3. The number of carbonyl (C=O) groups excluding carboxylic acids is 2. The molecule has 0 unspecified atom stereocenters. The summed E-state index contributed by atoms with van der Waals surface area (Å²) in [6, 6.07) is 5.90. The standard InChI is InChI=1S/C16H16F2IN3O2/c1-10(23)22-14-8-12(5-6-20-14)15(24)21-9-11-3-2-4-13(7-11)16(17,18)19/h2-5,7-8,20H,6,9H2,1H3,(H,21,24)(H,22,23). The summed E-state index contributed by atoms with van der Waals surface area (Å²) < 4.78 is 23.7. The van der Waals surface area contributed by atoms with Crippen LogP contribution in [0.5, 0.6) is 0 Å². The lowest BCUT2D eigenvalue weighted by molar-refractivity contribution is -0.119. The van der Waals surface area contributed by atoms with Gasteiger partial charge >= 0.3 is 3.93 Å². The quantitative estimate of drug-likeness (QED) is 0.480. The maximum atomic E-state index is 13.3. The van der Waals surface area contributed by atoms with Gasteiger partial charge in [0, 0.05) is 53.7 Å². The number of hydrogen-bond donors (Lipinski definition) is 3. The first kappa shape index (κ1) is 18.4. The van der Waals surface area contributed by atoms with Crippen LogP contribution in [0.4, 0.5) is 8.78 Å². The first-order chi connectivity index (χ1) is 11.3. The Morgan fingerprint density at radius 1 is 1.38 bits per heavy atom. The minimum atomic E-state index is -2.95. The summed E-state index contributed by atoms with van der Waals surface area (Å²) in [7, 11) is 0. The highest BCUT2D eigenvalue weighted by molar-refractivity contribution is 14.1. The maximum Gasteiger partial charge on any atom is 0.321 e. The molecular weight excluding hydrogens is 431 g/mol. The molecule has 3 N–H and O–H groups in total. The molecule has 8 heteroatoms.